The number of nitrogens with zero attached hydrogens (tertiary/aromatic N) is 1. The van der Waals surface area contributed by atoms with Crippen molar-refractivity contribution in [1.29, 1.82) is 5.26 Å². The Kier molecular flexibility index (Phi) is 3.05. The van der Waals surface area contributed by atoms with Crippen LogP contribution < -0.4 is 5.73 Å². The van der Waals surface area contributed by atoms with E-state index in [9.17, 15) is 0 Å². The van der Waals surface area contributed by atoms with E-state index < -0.39 is 0 Å². The molecule has 1 atom stereocenters. The molecular formula is C11H14N2. The molecule has 0 radical (unpaired) electrons. The van der Waals surface area contributed by atoms with E-state index in [2.05, 4.69) is 6.07 Å². The number of rotatable bonds is 2. The molecule has 0 saturated carbocycles. The molecule has 2 heteroatoms. The SMILES string of the molecule is Cc1ccc(C#N)c(C[C@H](C)N)c1. The van der Waals surface area contributed by atoms with Gasteiger partial charge in [0, 0.05) is 6.04 Å². The number of hydrogen-bond donors (Lipinski definition) is 1. The molecule has 13 heavy (non-hydrogen) atoms. The second-order valence-corrected chi connectivity index (χ2v) is 3.45. The lowest BCUT2D eigenvalue weighted by Gasteiger charge is -2.07. The fourth-order valence-electron chi connectivity index (χ4n) is 1.35. The Balaban J connectivity index is 3.03. The normalized spacial score (nSPS) is 12.2. The summed E-state index contributed by atoms with van der Waals surface area (Å²) in [6, 6.07) is 8.11. The van der Waals surface area contributed by atoms with E-state index in [4.69, 9.17) is 11.0 Å². The van der Waals surface area contributed by atoms with E-state index in [1.54, 1.807) is 0 Å². The summed E-state index contributed by atoms with van der Waals surface area (Å²) in [5.74, 6) is 0. The molecule has 0 unspecified atom stereocenters. The Labute approximate surface area is 79.0 Å². The minimum Gasteiger partial charge on any atom is -0.328 e. The molecule has 0 amide bonds. The Bertz CT molecular complexity index is 334. The maximum absolute atomic E-state index is 8.83. The summed E-state index contributed by atoms with van der Waals surface area (Å²) < 4.78 is 0. The monoisotopic (exact) mass is 174 g/mol. The molecule has 1 rings (SSSR count). The fraction of sp³-hybridized carbons (Fsp3) is 0.364. The molecule has 1 aromatic carbocycles. The summed E-state index contributed by atoms with van der Waals surface area (Å²) in [4.78, 5) is 0. The second-order valence-electron chi connectivity index (χ2n) is 3.45. The Morgan fingerprint density at radius 3 is 2.77 bits per heavy atom. The van der Waals surface area contributed by atoms with Gasteiger partial charge in [0.15, 0.2) is 0 Å². The highest BCUT2D eigenvalue weighted by molar-refractivity contribution is 5.40. The van der Waals surface area contributed by atoms with Gasteiger partial charge in [-0.1, -0.05) is 17.7 Å². The number of nitrogens with two attached hydrogens (primary N) is 1. The third-order valence-electron chi connectivity index (χ3n) is 1.92. The van der Waals surface area contributed by atoms with Crippen molar-refractivity contribution in [3.05, 3.63) is 34.9 Å². The van der Waals surface area contributed by atoms with Crippen molar-refractivity contribution in [2.75, 3.05) is 0 Å². The molecule has 0 aliphatic carbocycles. The van der Waals surface area contributed by atoms with Gasteiger partial charge in [0.05, 0.1) is 11.6 Å². The maximum atomic E-state index is 8.83. The second kappa shape index (κ2) is 4.06. The smallest absolute Gasteiger partial charge is 0.0994 e. The van der Waals surface area contributed by atoms with Crippen LogP contribution in [0.4, 0.5) is 0 Å². The van der Waals surface area contributed by atoms with Gasteiger partial charge in [-0.15, -0.1) is 0 Å². The Hall–Kier alpha value is -1.33. The van der Waals surface area contributed by atoms with Crippen molar-refractivity contribution < 1.29 is 0 Å². The van der Waals surface area contributed by atoms with Crippen LogP contribution >= 0.6 is 0 Å². The molecule has 2 nitrogen and oxygen atoms in total. The molecular weight excluding hydrogens is 160 g/mol. The van der Waals surface area contributed by atoms with Crippen LogP contribution in [0.3, 0.4) is 0 Å². The van der Waals surface area contributed by atoms with Crippen LogP contribution in [0.1, 0.15) is 23.6 Å². The summed E-state index contributed by atoms with van der Waals surface area (Å²) >= 11 is 0. The first-order valence-electron chi connectivity index (χ1n) is 4.38. The van der Waals surface area contributed by atoms with E-state index in [0.717, 1.165) is 17.5 Å². The van der Waals surface area contributed by atoms with E-state index in [0.29, 0.717) is 0 Å². The van der Waals surface area contributed by atoms with Gasteiger partial charge in [-0.2, -0.15) is 5.26 Å². The van der Waals surface area contributed by atoms with Gasteiger partial charge in [-0.25, -0.2) is 0 Å². The highest BCUT2D eigenvalue weighted by Crippen LogP contribution is 2.12. The van der Waals surface area contributed by atoms with Crippen molar-refractivity contribution in [3.63, 3.8) is 0 Å². The molecule has 2 N–H and O–H groups in total. The molecule has 68 valence electrons. The lowest BCUT2D eigenvalue weighted by Crippen LogP contribution is -2.18. The molecule has 0 heterocycles. The van der Waals surface area contributed by atoms with Crippen LogP contribution in [-0.4, -0.2) is 6.04 Å². The molecule has 0 bridgehead atoms. The topological polar surface area (TPSA) is 49.8 Å². The lowest BCUT2D eigenvalue weighted by molar-refractivity contribution is 0.736. The van der Waals surface area contributed by atoms with Crippen molar-refractivity contribution in [2.24, 2.45) is 5.73 Å². The standard InChI is InChI=1S/C11H14N2/c1-8-3-4-10(7-12)11(5-8)6-9(2)13/h3-5,9H,6,13H2,1-2H3/t9-/m0/s1. The van der Waals surface area contributed by atoms with Crippen molar-refractivity contribution in [2.45, 2.75) is 26.3 Å². The number of aryl methyl sites for hydroxylation is 1. The first-order valence-corrected chi connectivity index (χ1v) is 4.38. The Morgan fingerprint density at radius 2 is 2.23 bits per heavy atom. The molecule has 0 saturated heterocycles. The summed E-state index contributed by atoms with van der Waals surface area (Å²) in [6.07, 6.45) is 0.768. The zero-order chi connectivity index (χ0) is 9.84. The average molecular weight is 174 g/mol. The van der Waals surface area contributed by atoms with Gasteiger partial charge in [-0.05, 0) is 31.9 Å². The van der Waals surface area contributed by atoms with Crippen molar-refractivity contribution in [3.8, 4) is 6.07 Å². The van der Waals surface area contributed by atoms with Crippen LogP contribution in [0.5, 0.6) is 0 Å². The summed E-state index contributed by atoms with van der Waals surface area (Å²) in [7, 11) is 0. The summed E-state index contributed by atoms with van der Waals surface area (Å²) in [5.41, 5.74) is 8.66. The van der Waals surface area contributed by atoms with Crippen LogP contribution in [0.15, 0.2) is 18.2 Å². The van der Waals surface area contributed by atoms with E-state index in [-0.39, 0.29) is 6.04 Å². The fourth-order valence-corrected chi connectivity index (χ4v) is 1.35. The zero-order valence-corrected chi connectivity index (χ0v) is 8.04. The summed E-state index contributed by atoms with van der Waals surface area (Å²) in [6.45, 7) is 3.97. The van der Waals surface area contributed by atoms with E-state index >= 15 is 0 Å². The van der Waals surface area contributed by atoms with E-state index in [1.807, 2.05) is 32.0 Å². The van der Waals surface area contributed by atoms with Crippen LogP contribution in [-0.2, 0) is 6.42 Å². The van der Waals surface area contributed by atoms with Gasteiger partial charge < -0.3 is 5.73 Å². The van der Waals surface area contributed by atoms with Crippen LogP contribution in [0, 0.1) is 18.3 Å². The molecule has 0 aromatic heterocycles. The minimum atomic E-state index is 0.105. The average Bonchev–Trinajstić information content (AvgIpc) is 2.03. The van der Waals surface area contributed by atoms with Gasteiger partial charge in [-0.3, -0.25) is 0 Å². The lowest BCUT2D eigenvalue weighted by atomic mass is 10.00. The van der Waals surface area contributed by atoms with Crippen LogP contribution in [0.2, 0.25) is 0 Å². The zero-order valence-electron chi connectivity index (χ0n) is 8.04. The predicted molar refractivity (Wildman–Crippen MR) is 53.2 cm³/mol. The quantitative estimate of drug-likeness (QED) is 0.742. The maximum Gasteiger partial charge on any atom is 0.0994 e. The third kappa shape index (κ3) is 2.57. The van der Waals surface area contributed by atoms with Crippen LogP contribution in [0.25, 0.3) is 0 Å². The summed E-state index contributed by atoms with van der Waals surface area (Å²) in [5, 5.41) is 8.83. The highest BCUT2D eigenvalue weighted by atomic mass is 14.6. The first-order chi connectivity index (χ1) is 6.13. The molecule has 0 aliphatic rings. The Morgan fingerprint density at radius 1 is 1.54 bits per heavy atom. The van der Waals surface area contributed by atoms with Gasteiger partial charge in [0.25, 0.3) is 0 Å². The molecule has 0 fully saturated rings. The third-order valence-corrected chi connectivity index (χ3v) is 1.92. The molecule has 0 spiro atoms. The largest absolute Gasteiger partial charge is 0.328 e. The number of benzene rings is 1. The molecule has 1 aromatic rings. The highest BCUT2D eigenvalue weighted by Gasteiger charge is 2.04. The minimum absolute atomic E-state index is 0.105. The molecule has 0 aliphatic heterocycles. The first kappa shape index (κ1) is 9.76. The van der Waals surface area contributed by atoms with E-state index in [1.165, 1.54) is 5.56 Å². The van der Waals surface area contributed by atoms with Crippen molar-refractivity contribution in [1.82, 2.24) is 0 Å². The van der Waals surface area contributed by atoms with Gasteiger partial charge in [0.2, 0.25) is 0 Å². The number of nitriles is 1. The van der Waals surface area contributed by atoms with Gasteiger partial charge >= 0.3 is 0 Å². The predicted octanol–water partition coefficient (Wildman–Crippen LogP) is 1.76. The van der Waals surface area contributed by atoms with Gasteiger partial charge in [0.1, 0.15) is 0 Å². The van der Waals surface area contributed by atoms with Crippen molar-refractivity contribution >= 4 is 0 Å². The number of hydrogen-bond acceptors (Lipinski definition) is 2.